The summed E-state index contributed by atoms with van der Waals surface area (Å²) in [5.74, 6) is -0.506. The molecule has 0 atom stereocenters. The molecule has 0 aliphatic heterocycles. The molecule has 0 unspecified atom stereocenters. The highest BCUT2D eigenvalue weighted by molar-refractivity contribution is 5.89. The summed E-state index contributed by atoms with van der Waals surface area (Å²) in [5, 5.41) is 0. The Hall–Kier alpha value is -1.84. The maximum atomic E-state index is 11.5. The summed E-state index contributed by atoms with van der Waals surface area (Å²) in [5.41, 5.74) is 1.28. The van der Waals surface area contributed by atoms with E-state index >= 15 is 0 Å². The average molecular weight is 207 g/mol. The zero-order chi connectivity index (χ0) is 11.3. The van der Waals surface area contributed by atoms with E-state index in [2.05, 4.69) is 11.6 Å². The van der Waals surface area contributed by atoms with Crippen molar-refractivity contribution >= 4 is 5.97 Å². The van der Waals surface area contributed by atoms with E-state index in [-0.39, 0.29) is 5.95 Å². The summed E-state index contributed by atoms with van der Waals surface area (Å²) in [6.45, 7) is 7.49. The van der Waals surface area contributed by atoms with Crippen LogP contribution < -0.4 is 0 Å². The van der Waals surface area contributed by atoms with Crippen LogP contribution in [0.2, 0.25) is 0 Å². The third-order valence-electron chi connectivity index (χ3n) is 1.62. The SMILES string of the molecule is C=C(OCC)OC(=O)c1cncc(C)c1. The zero-order valence-corrected chi connectivity index (χ0v) is 8.82. The lowest BCUT2D eigenvalue weighted by molar-refractivity contribution is 0.0292. The minimum absolute atomic E-state index is 0.00371. The van der Waals surface area contributed by atoms with E-state index in [0.717, 1.165) is 5.56 Å². The van der Waals surface area contributed by atoms with Crippen LogP contribution in [0.4, 0.5) is 0 Å². The second-order valence-corrected chi connectivity index (χ2v) is 2.95. The highest BCUT2D eigenvalue weighted by Crippen LogP contribution is 2.06. The maximum absolute atomic E-state index is 11.5. The van der Waals surface area contributed by atoms with Gasteiger partial charge in [0.1, 0.15) is 0 Å². The Bertz CT molecular complexity index is 374. The third kappa shape index (κ3) is 3.42. The van der Waals surface area contributed by atoms with Crippen molar-refractivity contribution in [1.82, 2.24) is 4.98 Å². The largest absolute Gasteiger partial charge is 0.466 e. The summed E-state index contributed by atoms with van der Waals surface area (Å²) in [6, 6.07) is 1.69. The Morgan fingerprint density at radius 3 is 2.87 bits per heavy atom. The van der Waals surface area contributed by atoms with Crippen LogP contribution in [0.15, 0.2) is 31.0 Å². The second kappa shape index (κ2) is 5.14. The fourth-order valence-electron chi connectivity index (χ4n) is 1.02. The van der Waals surface area contributed by atoms with Gasteiger partial charge in [-0.15, -0.1) is 0 Å². The molecule has 4 nitrogen and oxygen atoms in total. The van der Waals surface area contributed by atoms with Crippen LogP contribution >= 0.6 is 0 Å². The molecule has 0 aliphatic carbocycles. The second-order valence-electron chi connectivity index (χ2n) is 2.95. The minimum Gasteiger partial charge on any atom is -0.466 e. The van der Waals surface area contributed by atoms with Crippen LogP contribution in [0.25, 0.3) is 0 Å². The van der Waals surface area contributed by atoms with Gasteiger partial charge >= 0.3 is 5.97 Å². The van der Waals surface area contributed by atoms with Crippen LogP contribution in [0, 0.1) is 6.92 Å². The predicted octanol–water partition coefficient (Wildman–Crippen LogP) is 2.05. The molecule has 0 N–H and O–H groups in total. The lowest BCUT2D eigenvalue weighted by atomic mass is 10.2. The quantitative estimate of drug-likeness (QED) is 0.560. The smallest absolute Gasteiger partial charge is 0.347 e. The van der Waals surface area contributed by atoms with Gasteiger partial charge in [-0.25, -0.2) is 4.79 Å². The number of pyridine rings is 1. The van der Waals surface area contributed by atoms with Gasteiger partial charge in [0.05, 0.1) is 12.2 Å². The van der Waals surface area contributed by atoms with Gasteiger partial charge in [0.15, 0.2) is 0 Å². The van der Waals surface area contributed by atoms with Crippen LogP contribution in [-0.4, -0.2) is 17.6 Å². The Balaban J connectivity index is 2.65. The number of ether oxygens (including phenoxy) is 2. The van der Waals surface area contributed by atoms with E-state index in [1.165, 1.54) is 6.20 Å². The number of hydrogen-bond acceptors (Lipinski definition) is 4. The third-order valence-corrected chi connectivity index (χ3v) is 1.62. The van der Waals surface area contributed by atoms with E-state index < -0.39 is 5.97 Å². The first-order valence-corrected chi connectivity index (χ1v) is 4.59. The number of nitrogens with zero attached hydrogens (tertiary/aromatic N) is 1. The average Bonchev–Trinajstić information content (AvgIpc) is 2.18. The molecule has 1 rings (SSSR count). The lowest BCUT2D eigenvalue weighted by Gasteiger charge is -2.06. The number of carbonyl (C=O) groups is 1. The van der Waals surface area contributed by atoms with Crippen molar-refractivity contribution in [1.29, 1.82) is 0 Å². The first kappa shape index (κ1) is 11.2. The molecule has 0 amide bonds. The molecule has 0 saturated carbocycles. The molecule has 1 aromatic rings. The van der Waals surface area contributed by atoms with Gasteiger partial charge < -0.3 is 9.47 Å². The normalized spacial score (nSPS) is 9.47. The van der Waals surface area contributed by atoms with Gasteiger partial charge in [0.25, 0.3) is 5.95 Å². The van der Waals surface area contributed by atoms with E-state index in [9.17, 15) is 4.79 Å². The summed E-state index contributed by atoms with van der Waals surface area (Å²) < 4.78 is 9.74. The number of hydrogen-bond donors (Lipinski definition) is 0. The van der Waals surface area contributed by atoms with Crippen molar-refractivity contribution in [3.05, 3.63) is 42.1 Å². The summed E-state index contributed by atoms with van der Waals surface area (Å²) in [4.78, 5) is 15.4. The Kier molecular flexibility index (Phi) is 3.85. The van der Waals surface area contributed by atoms with E-state index in [4.69, 9.17) is 9.47 Å². The Morgan fingerprint density at radius 1 is 1.53 bits per heavy atom. The van der Waals surface area contributed by atoms with Crippen LogP contribution in [0.5, 0.6) is 0 Å². The molecule has 0 bridgehead atoms. The molecule has 0 aliphatic rings. The maximum Gasteiger partial charge on any atom is 0.347 e. The summed E-state index contributed by atoms with van der Waals surface area (Å²) in [7, 11) is 0. The molecule has 0 radical (unpaired) electrons. The molecule has 0 fully saturated rings. The summed E-state index contributed by atoms with van der Waals surface area (Å²) in [6.07, 6.45) is 3.10. The van der Waals surface area contributed by atoms with Gasteiger partial charge in [-0.05, 0) is 32.1 Å². The Morgan fingerprint density at radius 2 is 2.27 bits per heavy atom. The van der Waals surface area contributed by atoms with Crippen LogP contribution in [0.3, 0.4) is 0 Å². The number of rotatable bonds is 4. The number of esters is 1. The molecule has 1 heterocycles. The van der Waals surface area contributed by atoms with Crippen molar-refractivity contribution in [2.45, 2.75) is 13.8 Å². The van der Waals surface area contributed by atoms with Crippen molar-refractivity contribution in [3.63, 3.8) is 0 Å². The first-order chi connectivity index (χ1) is 7.13. The van der Waals surface area contributed by atoms with Gasteiger partial charge in [-0.1, -0.05) is 0 Å². The molecular weight excluding hydrogens is 194 g/mol. The lowest BCUT2D eigenvalue weighted by Crippen LogP contribution is -2.07. The van der Waals surface area contributed by atoms with Crippen molar-refractivity contribution in [2.75, 3.05) is 6.61 Å². The highest BCUT2D eigenvalue weighted by atomic mass is 16.7. The zero-order valence-electron chi connectivity index (χ0n) is 8.82. The molecule has 4 heteroatoms. The van der Waals surface area contributed by atoms with Crippen molar-refractivity contribution in [3.8, 4) is 0 Å². The minimum atomic E-state index is -0.510. The molecule has 1 aromatic heterocycles. The van der Waals surface area contributed by atoms with Crippen LogP contribution in [0.1, 0.15) is 22.8 Å². The van der Waals surface area contributed by atoms with E-state index in [1.807, 2.05) is 6.92 Å². The molecule has 0 aromatic carbocycles. The van der Waals surface area contributed by atoms with Gasteiger partial charge in [-0.2, -0.15) is 0 Å². The van der Waals surface area contributed by atoms with Gasteiger partial charge in [0.2, 0.25) is 0 Å². The standard InChI is InChI=1S/C11H13NO3/c1-4-14-9(3)15-11(13)10-5-8(2)6-12-7-10/h5-7H,3-4H2,1-2H3. The fourth-order valence-corrected chi connectivity index (χ4v) is 1.02. The van der Waals surface area contributed by atoms with E-state index in [0.29, 0.717) is 12.2 Å². The summed E-state index contributed by atoms with van der Waals surface area (Å²) >= 11 is 0. The Labute approximate surface area is 88.5 Å². The predicted molar refractivity (Wildman–Crippen MR) is 55.2 cm³/mol. The fraction of sp³-hybridized carbons (Fsp3) is 0.273. The monoisotopic (exact) mass is 207 g/mol. The van der Waals surface area contributed by atoms with Crippen LogP contribution in [-0.2, 0) is 9.47 Å². The number of carbonyl (C=O) groups excluding carboxylic acids is 1. The molecule has 0 saturated heterocycles. The highest BCUT2D eigenvalue weighted by Gasteiger charge is 2.09. The van der Waals surface area contributed by atoms with Gasteiger partial charge in [-0.3, -0.25) is 4.98 Å². The number of aromatic nitrogens is 1. The van der Waals surface area contributed by atoms with Gasteiger partial charge in [0, 0.05) is 12.4 Å². The molecule has 15 heavy (non-hydrogen) atoms. The van der Waals surface area contributed by atoms with E-state index in [1.54, 1.807) is 19.2 Å². The number of aryl methyl sites for hydroxylation is 1. The molecular formula is C11H13NO3. The van der Waals surface area contributed by atoms with Crippen molar-refractivity contribution in [2.24, 2.45) is 0 Å². The molecule has 0 spiro atoms. The topological polar surface area (TPSA) is 48.4 Å². The first-order valence-electron chi connectivity index (χ1n) is 4.59. The molecule has 80 valence electrons. The van der Waals surface area contributed by atoms with Crippen molar-refractivity contribution < 1.29 is 14.3 Å².